The van der Waals surface area contributed by atoms with Gasteiger partial charge in [-0.2, -0.15) is 0 Å². The van der Waals surface area contributed by atoms with E-state index in [1.165, 1.54) is 0 Å². The molecule has 2 N–H and O–H groups in total. The molecule has 1 aliphatic heterocycles. The highest BCUT2D eigenvalue weighted by molar-refractivity contribution is 5.82. The second-order valence-electron chi connectivity index (χ2n) is 4.71. The van der Waals surface area contributed by atoms with Gasteiger partial charge in [0.2, 0.25) is 5.91 Å². The van der Waals surface area contributed by atoms with Gasteiger partial charge in [0.1, 0.15) is 5.82 Å². The van der Waals surface area contributed by atoms with Gasteiger partial charge in [0, 0.05) is 25.5 Å². The summed E-state index contributed by atoms with van der Waals surface area (Å²) in [5.41, 5.74) is 5.98. The van der Waals surface area contributed by atoms with Crippen molar-refractivity contribution < 1.29 is 4.79 Å². The Bertz CT molecular complexity index is 401. The van der Waals surface area contributed by atoms with E-state index in [9.17, 15) is 4.79 Å². The predicted octanol–water partition coefficient (Wildman–Crippen LogP) is 0.599. The number of rotatable bonds is 3. The average molecular weight is 236 g/mol. The maximum atomic E-state index is 12.2. The highest BCUT2D eigenvalue weighted by atomic mass is 16.2. The summed E-state index contributed by atoms with van der Waals surface area (Å²) in [5, 5.41) is 0. The number of hydrogen-bond acceptors (Lipinski definition) is 3. The molecule has 0 radical (unpaired) electrons. The number of fused-ring (bicyclic) bond motifs is 1. The molecule has 1 aromatic heterocycles. The van der Waals surface area contributed by atoms with Crippen LogP contribution in [0.25, 0.3) is 0 Å². The van der Waals surface area contributed by atoms with E-state index < -0.39 is 0 Å². The highest BCUT2D eigenvalue weighted by Crippen LogP contribution is 2.14. The molecule has 0 saturated heterocycles. The Morgan fingerprint density at radius 1 is 1.59 bits per heavy atom. The first-order valence-electron chi connectivity index (χ1n) is 6.17. The molecule has 1 aromatic rings. The van der Waals surface area contributed by atoms with Gasteiger partial charge in [-0.3, -0.25) is 4.79 Å². The molecule has 1 amide bonds. The third-order valence-electron chi connectivity index (χ3n) is 3.60. The number of nitrogens with zero attached hydrogens (tertiary/aromatic N) is 3. The zero-order chi connectivity index (χ0) is 12.4. The smallest absolute Gasteiger partial charge is 0.240 e. The first kappa shape index (κ1) is 12.1. The summed E-state index contributed by atoms with van der Waals surface area (Å²) < 4.78 is 2.08. The van der Waals surface area contributed by atoms with Gasteiger partial charge in [-0.25, -0.2) is 4.98 Å². The van der Waals surface area contributed by atoms with Crippen LogP contribution in [0.2, 0.25) is 0 Å². The Balaban J connectivity index is 2.03. The van der Waals surface area contributed by atoms with Crippen molar-refractivity contribution in [3.8, 4) is 0 Å². The van der Waals surface area contributed by atoms with Gasteiger partial charge < -0.3 is 15.2 Å². The molecule has 2 heterocycles. The molecular formula is C12H20N4O. The van der Waals surface area contributed by atoms with Crippen LogP contribution in [0, 0.1) is 5.92 Å². The van der Waals surface area contributed by atoms with Crippen molar-refractivity contribution in [3.05, 3.63) is 18.2 Å². The van der Waals surface area contributed by atoms with Crippen LogP contribution in [0.1, 0.15) is 26.1 Å². The van der Waals surface area contributed by atoms with E-state index in [1.54, 1.807) is 6.20 Å². The molecule has 0 spiro atoms. The Labute approximate surface area is 102 Å². The largest absolute Gasteiger partial charge is 0.332 e. The summed E-state index contributed by atoms with van der Waals surface area (Å²) in [6.45, 7) is 6.20. The summed E-state index contributed by atoms with van der Waals surface area (Å²) >= 11 is 0. The molecule has 0 saturated carbocycles. The van der Waals surface area contributed by atoms with Crippen LogP contribution < -0.4 is 5.73 Å². The van der Waals surface area contributed by atoms with Crippen molar-refractivity contribution in [3.63, 3.8) is 0 Å². The average Bonchev–Trinajstić information content (AvgIpc) is 2.83. The monoisotopic (exact) mass is 236 g/mol. The Morgan fingerprint density at radius 2 is 2.35 bits per heavy atom. The number of nitrogens with two attached hydrogens (primary N) is 1. The Morgan fingerprint density at radius 3 is 3.06 bits per heavy atom. The first-order valence-corrected chi connectivity index (χ1v) is 6.17. The van der Waals surface area contributed by atoms with E-state index in [1.807, 2.05) is 18.0 Å². The summed E-state index contributed by atoms with van der Waals surface area (Å²) in [6.07, 6.45) is 4.65. The normalized spacial score (nSPS) is 18.6. The van der Waals surface area contributed by atoms with Crippen molar-refractivity contribution in [2.45, 2.75) is 39.4 Å². The number of carbonyl (C=O) groups is 1. The lowest BCUT2D eigenvalue weighted by Gasteiger charge is -2.31. The van der Waals surface area contributed by atoms with Crippen LogP contribution in [0.5, 0.6) is 0 Å². The number of aromatic nitrogens is 2. The molecule has 94 valence electrons. The van der Waals surface area contributed by atoms with E-state index in [-0.39, 0.29) is 17.9 Å². The fourth-order valence-electron chi connectivity index (χ4n) is 2.07. The lowest BCUT2D eigenvalue weighted by molar-refractivity contribution is -0.135. The molecule has 17 heavy (non-hydrogen) atoms. The molecule has 0 fully saturated rings. The molecule has 2 unspecified atom stereocenters. The van der Waals surface area contributed by atoms with Crippen molar-refractivity contribution in [2.24, 2.45) is 11.7 Å². The second-order valence-corrected chi connectivity index (χ2v) is 4.71. The van der Waals surface area contributed by atoms with Crippen molar-refractivity contribution in [2.75, 3.05) is 6.54 Å². The van der Waals surface area contributed by atoms with E-state index >= 15 is 0 Å². The fraction of sp³-hybridized carbons (Fsp3) is 0.667. The molecule has 0 aliphatic carbocycles. The van der Waals surface area contributed by atoms with Gasteiger partial charge in [-0.15, -0.1) is 0 Å². The van der Waals surface area contributed by atoms with Gasteiger partial charge in [-0.1, -0.05) is 20.3 Å². The molecule has 5 nitrogen and oxygen atoms in total. The summed E-state index contributed by atoms with van der Waals surface area (Å²) in [5.74, 6) is 1.22. The van der Waals surface area contributed by atoms with Gasteiger partial charge >= 0.3 is 0 Å². The predicted molar refractivity (Wildman–Crippen MR) is 65.1 cm³/mol. The maximum Gasteiger partial charge on any atom is 0.240 e. The molecule has 5 heteroatoms. The summed E-state index contributed by atoms with van der Waals surface area (Å²) in [6, 6.07) is -0.387. The number of amides is 1. The van der Waals surface area contributed by atoms with Gasteiger partial charge in [0.15, 0.2) is 0 Å². The molecule has 0 aromatic carbocycles. The lowest BCUT2D eigenvalue weighted by Crippen LogP contribution is -2.49. The maximum absolute atomic E-state index is 12.2. The minimum absolute atomic E-state index is 0.0496. The third-order valence-corrected chi connectivity index (χ3v) is 3.60. The van der Waals surface area contributed by atoms with Crippen LogP contribution in [0.3, 0.4) is 0 Å². The fourth-order valence-corrected chi connectivity index (χ4v) is 2.07. The van der Waals surface area contributed by atoms with Gasteiger partial charge in [0.25, 0.3) is 0 Å². The zero-order valence-corrected chi connectivity index (χ0v) is 10.5. The van der Waals surface area contributed by atoms with E-state index in [0.717, 1.165) is 25.3 Å². The van der Waals surface area contributed by atoms with Crippen LogP contribution in [-0.2, 0) is 17.9 Å². The van der Waals surface area contributed by atoms with Crippen molar-refractivity contribution >= 4 is 5.91 Å². The van der Waals surface area contributed by atoms with Gasteiger partial charge in [0.05, 0.1) is 12.6 Å². The lowest BCUT2D eigenvalue weighted by atomic mass is 9.99. The quantitative estimate of drug-likeness (QED) is 0.835. The van der Waals surface area contributed by atoms with Crippen LogP contribution >= 0.6 is 0 Å². The molecule has 1 aliphatic rings. The Kier molecular flexibility index (Phi) is 3.47. The highest BCUT2D eigenvalue weighted by Gasteiger charge is 2.27. The summed E-state index contributed by atoms with van der Waals surface area (Å²) in [4.78, 5) is 18.3. The number of imidazole rings is 1. The standard InChI is InChI=1S/C12H20N4O/c1-3-9(2)11(13)12(17)16-7-6-15-5-4-14-10(15)8-16/h4-5,9,11H,3,6-8,13H2,1-2H3. The molecule has 0 bridgehead atoms. The number of carbonyl (C=O) groups excluding carboxylic acids is 1. The minimum atomic E-state index is -0.387. The SMILES string of the molecule is CCC(C)C(N)C(=O)N1CCn2ccnc2C1. The Hall–Kier alpha value is -1.36. The molecule has 2 rings (SSSR count). The first-order chi connectivity index (χ1) is 8.13. The van der Waals surface area contributed by atoms with Crippen molar-refractivity contribution in [1.29, 1.82) is 0 Å². The number of hydrogen-bond donors (Lipinski definition) is 1. The van der Waals surface area contributed by atoms with E-state index in [2.05, 4.69) is 16.5 Å². The van der Waals surface area contributed by atoms with Crippen LogP contribution in [0.15, 0.2) is 12.4 Å². The van der Waals surface area contributed by atoms with E-state index in [0.29, 0.717) is 6.54 Å². The minimum Gasteiger partial charge on any atom is -0.332 e. The zero-order valence-electron chi connectivity index (χ0n) is 10.5. The van der Waals surface area contributed by atoms with Crippen LogP contribution in [-0.4, -0.2) is 32.9 Å². The molecule has 2 atom stereocenters. The summed E-state index contributed by atoms with van der Waals surface area (Å²) in [7, 11) is 0. The van der Waals surface area contributed by atoms with E-state index in [4.69, 9.17) is 5.73 Å². The van der Waals surface area contributed by atoms with Crippen LogP contribution in [0.4, 0.5) is 0 Å². The second kappa shape index (κ2) is 4.87. The van der Waals surface area contributed by atoms with Gasteiger partial charge in [-0.05, 0) is 5.92 Å². The topological polar surface area (TPSA) is 64.2 Å². The third kappa shape index (κ3) is 2.34. The van der Waals surface area contributed by atoms with Crippen molar-refractivity contribution in [1.82, 2.24) is 14.5 Å². The molecular weight excluding hydrogens is 216 g/mol.